The highest BCUT2D eigenvalue weighted by atomic mass is 16.4. The maximum Gasteiger partial charge on any atom is 0.326 e. The Morgan fingerprint density at radius 3 is 2.44 bits per heavy atom. The van der Waals surface area contributed by atoms with Crippen LogP contribution in [0.3, 0.4) is 0 Å². The topological polar surface area (TPSA) is 92.4 Å². The zero-order valence-corrected chi connectivity index (χ0v) is 11.1. The van der Waals surface area contributed by atoms with Crippen molar-refractivity contribution < 1.29 is 14.7 Å². The summed E-state index contributed by atoms with van der Waals surface area (Å²) in [4.78, 5) is 22.8. The smallest absolute Gasteiger partial charge is 0.326 e. The van der Waals surface area contributed by atoms with Gasteiger partial charge in [-0.25, -0.2) is 4.79 Å². The van der Waals surface area contributed by atoms with E-state index in [1.165, 1.54) is 6.42 Å². The van der Waals surface area contributed by atoms with E-state index in [9.17, 15) is 9.59 Å². The van der Waals surface area contributed by atoms with Crippen molar-refractivity contribution in [2.75, 3.05) is 0 Å². The summed E-state index contributed by atoms with van der Waals surface area (Å²) in [5.74, 6) is -1.21. The number of nitrogens with one attached hydrogen (secondary N) is 1. The molecule has 18 heavy (non-hydrogen) atoms. The molecule has 0 unspecified atom stereocenters. The monoisotopic (exact) mass is 256 g/mol. The minimum absolute atomic E-state index is 0.236. The SMILES string of the molecule is CCC[C@H](NC(=O)CC1(N)CCCCC1)C(=O)O. The molecule has 0 bridgehead atoms. The Morgan fingerprint density at radius 2 is 1.94 bits per heavy atom. The minimum Gasteiger partial charge on any atom is -0.480 e. The summed E-state index contributed by atoms with van der Waals surface area (Å²) in [6.07, 6.45) is 6.42. The highest BCUT2D eigenvalue weighted by Gasteiger charge is 2.31. The second-order valence-corrected chi connectivity index (χ2v) is 5.35. The number of carbonyl (C=O) groups excluding carboxylic acids is 1. The highest BCUT2D eigenvalue weighted by Crippen LogP contribution is 2.28. The molecule has 0 radical (unpaired) electrons. The summed E-state index contributed by atoms with van der Waals surface area (Å²) in [6.45, 7) is 1.90. The van der Waals surface area contributed by atoms with Gasteiger partial charge in [-0.15, -0.1) is 0 Å². The molecule has 1 atom stereocenters. The average molecular weight is 256 g/mol. The molecule has 0 aromatic heterocycles. The van der Waals surface area contributed by atoms with Gasteiger partial charge in [0.2, 0.25) is 5.91 Å². The summed E-state index contributed by atoms with van der Waals surface area (Å²) >= 11 is 0. The van der Waals surface area contributed by atoms with Crippen LogP contribution in [0.5, 0.6) is 0 Å². The molecule has 5 nitrogen and oxygen atoms in total. The van der Waals surface area contributed by atoms with Crippen LogP contribution in [0.2, 0.25) is 0 Å². The van der Waals surface area contributed by atoms with Gasteiger partial charge in [-0.3, -0.25) is 4.79 Å². The maximum atomic E-state index is 11.9. The second-order valence-electron chi connectivity index (χ2n) is 5.35. The molecule has 0 spiro atoms. The molecule has 1 rings (SSSR count). The Morgan fingerprint density at radius 1 is 1.33 bits per heavy atom. The van der Waals surface area contributed by atoms with E-state index in [4.69, 9.17) is 10.8 Å². The average Bonchev–Trinajstić information content (AvgIpc) is 2.28. The molecule has 0 saturated heterocycles. The van der Waals surface area contributed by atoms with Crippen LogP contribution in [0.15, 0.2) is 0 Å². The molecule has 1 aliphatic carbocycles. The van der Waals surface area contributed by atoms with E-state index in [0.29, 0.717) is 6.42 Å². The van der Waals surface area contributed by atoms with Gasteiger partial charge in [0.25, 0.3) is 0 Å². The third-order valence-electron chi connectivity index (χ3n) is 3.57. The number of carboxylic acid groups (broad SMARTS) is 1. The third kappa shape index (κ3) is 4.64. The van der Waals surface area contributed by atoms with Gasteiger partial charge in [-0.2, -0.15) is 0 Å². The van der Waals surface area contributed by atoms with E-state index in [0.717, 1.165) is 32.1 Å². The van der Waals surface area contributed by atoms with Gasteiger partial charge >= 0.3 is 5.97 Å². The lowest BCUT2D eigenvalue weighted by Crippen LogP contribution is -2.49. The van der Waals surface area contributed by atoms with E-state index >= 15 is 0 Å². The van der Waals surface area contributed by atoms with Gasteiger partial charge in [0.15, 0.2) is 0 Å². The second kappa shape index (κ2) is 6.73. The third-order valence-corrected chi connectivity index (χ3v) is 3.57. The van der Waals surface area contributed by atoms with Crippen LogP contribution < -0.4 is 11.1 Å². The van der Waals surface area contributed by atoms with Gasteiger partial charge < -0.3 is 16.2 Å². The van der Waals surface area contributed by atoms with Crippen LogP contribution in [0.25, 0.3) is 0 Å². The zero-order chi connectivity index (χ0) is 13.6. The Balaban J connectivity index is 2.46. The van der Waals surface area contributed by atoms with E-state index in [1.807, 2.05) is 6.92 Å². The molecular formula is C13H24N2O3. The molecule has 104 valence electrons. The Labute approximate surface area is 108 Å². The standard InChI is InChI=1S/C13H24N2O3/c1-2-6-10(12(17)18)15-11(16)9-13(14)7-4-3-5-8-13/h10H,2-9,14H2,1H3,(H,15,16)(H,17,18)/t10-/m0/s1. The summed E-state index contributed by atoms with van der Waals surface area (Å²) in [5.41, 5.74) is 5.74. The van der Waals surface area contributed by atoms with Crippen molar-refractivity contribution in [2.45, 2.75) is 69.9 Å². The summed E-state index contributed by atoms with van der Waals surface area (Å²) in [5, 5.41) is 11.5. The summed E-state index contributed by atoms with van der Waals surface area (Å²) < 4.78 is 0. The van der Waals surface area contributed by atoms with Crippen molar-refractivity contribution in [2.24, 2.45) is 5.73 Å². The number of nitrogens with two attached hydrogens (primary N) is 1. The fourth-order valence-electron chi connectivity index (χ4n) is 2.54. The van der Waals surface area contributed by atoms with Crippen molar-refractivity contribution in [3.8, 4) is 0 Å². The Hall–Kier alpha value is -1.10. The lowest BCUT2D eigenvalue weighted by atomic mass is 9.80. The van der Waals surface area contributed by atoms with Gasteiger partial charge in [0, 0.05) is 12.0 Å². The van der Waals surface area contributed by atoms with E-state index in [-0.39, 0.29) is 12.3 Å². The molecule has 1 aliphatic rings. The van der Waals surface area contributed by atoms with Crippen molar-refractivity contribution in [3.05, 3.63) is 0 Å². The number of rotatable bonds is 6. The molecule has 0 aromatic carbocycles. The van der Waals surface area contributed by atoms with Crippen LogP contribution in [0, 0.1) is 0 Å². The van der Waals surface area contributed by atoms with Gasteiger partial charge in [0.1, 0.15) is 6.04 Å². The minimum atomic E-state index is -0.972. The first kappa shape index (κ1) is 15.0. The number of hydrogen-bond acceptors (Lipinski definition) is 3. The molecule has 0 aliphatic heterocycles. The van der Waals surface area contributed by atoms with Crippen LogP contribution in [-0.4, -0.2) is 28.6 Å². The van der Waals surface area contributed by atoms with Crippen LogP contribution in [-0.2, 0) is 9.59 Å². The molecule has 5 heteroatoms. The lowest BCUT2D eigenvalue weighted by molar-refractivity contribution is -0.142. The molecule has 4 N–H and O–H groups in total. The molecule has 1 saturated carbocycles. The zero-order valence-electron chi connectivity index (χ0n) is 11.1. The summed E-state index contributed by atoms with van der Waals surface area (Å²) in [6, 6.07) is -0.783. The Kier molecular flexibility index (Phi) is 5.59. The van der Waals surface area contributed by atoms with E-state index < -0.39 is 17.6 Å². The summed E-state index contributed by atoms with van der Waals surface area (Å²) in [7, 11) is 0. The first-order chi connectivity index (χ1) is 8.47. The van der Waals surface area contributed by atoms with E-state index in [1.54, 1.807) is 0 Å². The number of amides is 1. The van der Waals surface area contributed by atoms with Crippen LogP contribution in [0.4, 0.5) is 0 Å². The van der Waals surface area contributed by atoms with Crippen LogP contribution >= 0.6 is 0 Å². The van der Waals surface area contributed by atoms with Gasteiger partial charge in [-0.1, -0.05) is 32.6 Å². The number of carbonyl (C=O) groups is 2. The highest BCUT2D eigenvalue weighted by molar-refractivity contribution is 5.84. The predicted octanol–water partition coefficient (Wildman–Crippen LogP) is 1.41. The van der Waals surface area contributed by atoms with Gasteiger partial charge in [-0.05, 0) is 19.3 Å². The Bertz CT molecular complexity index is 299. The maximum absolute atomic E-state index is 11.9. The fourth-order valence-corrected chi connectivity index (χ4v) is 2.54. The molecule has 1 fully saturated rings. The predicted molar refractivity (Wildman–Crippen MR) is 69.1 cm³/mol. The first-order valence-corrected chi connectivity index (χ1v) is 6.78. The van der Waals surface area contributed by atoms with Crippen molar-refractivity contribution in [1.82, 2.24) is 5.32 Å². The molecule has 0 heterocycles. The molecular weight excluding hydrogens is 232 g/mol. The van der Waals surface area contributed by atoms with Gasteiger partial charge in [0.05, 0.1) is 0 Å². The number of aliphatic carboxylic acids is 1. The first-order valence-electron chi connectivity index (χ1n) is 6.78. The molecule has 0 aromatic rings. The quantitative estimate of drug-likeness (QED) is 0.670. The van der Waals surface area contributed by atoms with E-state index in [2.05, 4.69) is 5.32 Å². The molecule has 1 amide bonds. The normalized spacial score (nSPS) is 20.1. The van der Waals surface area contributed by atoms with Crippen LogP contribution in [0.1, 0.15) is 58.3 Å². The van der Waals surface area contributed by atoms with Crippen molar-refractivity contribution in [3.63, 3.8) is 0 Å². The fraction of sp³-hybridized carbons (Fsp3) is 0.846. The van der Waals surface area contributed by atoms with Crippen molar-refractivity contribution in [1.29, 1.82) is 0 Å². The largest absolute Gasteiger partial charge is 0.480 e. The number of hydrogen-bond donors (Lipinski definition) is 3. The number of carboxylic acids is 1. The van der Waals surface area contributed by atoms with Crippen molar-refractivity contribution >= 4 is 11.9 Å². The lowest BCUT2D eigenvalue weighted by Gasteiger charge is -2.33.